The Hall–Kier alpha value is -2.49. The Bertz CT molecular complexity index is 567. The van der Waals surface area contributed by atoms with E-state index in [1.807, 2.05) is 54.6 Å². The Morgan fingerprint density at radius 1 is 0.864 bits per heavy atom. The van der Waals surface area contributed by atoms with Gasteiger partial charge in [-0.25, -0.2) is 0 Å². The van der Waals surface area contributed by atoms with Gasteiger partial charge in [-0.1, -0.05) is 18.2 Å². The number of amides is 1. The van der Waals surface area contributed by atoms with E-state index in [9.17, 15) is 4.79 Å². The fourth-order valence-electron chi connectivity index (χ4n) is 1.94. The first-order valence-electron chi connectivity index (χ1n) is 7.42. The molecule has 116 valence electrons. The minimum atomic E-state index is -0.0768. The van der Waals surface area contributed by atoms with Crippen LogP contribution in [0.2, 0.25) is 0 Å². The molecule has 0 saturated heterocycles. The summed E-state index contributed by atoms with van der Waals surface area (Å²) in [5, 5.41) is 2.72. The Kier molecular flexibility index (Phi) is 6.30. The maximum absolute atomic E-state index is 10.9. The van der Waals surface area contributed by atoms with Crippen LogP contribution in [-0.2, 0) is 4.79 Å². The van der Waals surface area contributed by atoms with Crippen molar-refractivity contribution in [3.05, 3.63) is 54.6 Å². The fraction of sp³-hybridized carbons (Fsp3) is 0.278. The highest BCUT2D eigenvalue weighted by Crippen LogP contribution is 2.16. The van der Waals surface area contributed by atoms with Crippen molar-refractivity contribution in [2.45, 2.75) is 19.8 Å². The quantitative estimate of drug-likeness (QED) is 0.752. The third-order valence-corrected chi connectivity index (χ3v) is 2.99. The van der Waals surface area contributed by atoms with Crippen LogP contribution in [0, 0.1) is 0 Å². The smallest absolute Gasteiger partial charge is 0.221 e. The number of ether oxygens (including phenoxy) is 2. The standard InChI is InChI=1S/C18H21NO3/c1-15(20)19-16-9-11-18(12-10-16)22-14-6-5-13-21-17-7-3-2-4-8-17/h2-4,7-12H,5-6,13-14H2,1H3,(H,19,20). The van der Waals surface area contributed by atoms with Crippen molar-refractivity contribution >= 4 is 11.6 Å². The predicted molar refractivity (Wildman–Crippen MR) is 87.4 cm³/mol. The molecule has 4 nitrogen and oxygen atoms in total. The molecule has 0 aliphatic heterocycles. The topological polar surface area (TPSA) is 47.6 Å². The summed E-state index contributed by atoms with van der Waals surface area (Å²) in [6.45, 7) is 2.83. The maximum atomic E-state index is 10.9. The number of para-hydroxylation sites is 1. The molecule has 0 atom stereocenters. The SMILES string of the molecule is CC(=O)Nc1ccc(OCCCCOc2ccccc2)cc1. The third kappa shape index (κ3) is 5.87. The van der Waals surface area contributed by atoms with E-state index >= 15 is 0 Å². The van der Waals surface area contributed by atoms with Gasteiger partial charge in [0.15, 0.2) is 0 Å². The number of nitrogens with one attached hydrogen (secondary N) is 1. The average molecular weight is 299 g/mol. The molecule has 0 aliphatic rings. The van der Waals surface area contributed by atoms with Crippen molar-refractivity contribution in [3.63, 3.8) is 0 Å². The molecular formula is C18H21NO3. The normalized spacial score (nSPS) is 10.0. The molecule has 0 unspecified atom stereocenters. The predicted octanol–water partition coefficient (Wildman–Crippen LogP) is 3.88. The summed E-state index contributed by atoms with van der Waals surface area (Å²) in [5.74, 6) is 1.63. The van der Waals surface area contributed by atoms with Crippen LogP contribution in [-0.4, -0.2) is 19.1 Å². The van der Waals surface area contributed by atoms with Crippen molar-refractivity contribution in [2.24, 2.45) is 0 Å². The maximum Gasteiger partial charge on any atom is 0.221 e. The zero-order valence-corrected chi connectivity index (χ0v) is 12.7. The van der Waals surface area contributed by atoms with Crippen LogP contribution in [0.3, 0.4) is 0 Å². The summed E-state index contributed by atoms with van der Waals surface area (Å²) < 4.78 is 11.3. The molecule has 2 rings (SSSR count). The summed E-state index contributed by atoms with van der Waals surface area (Å²) in [6.07, 6.45) is 1.87. The summed E-state index contributed by atoms with van der Waals surface area (Å²) in [7, 11) is 0. The summed E-state index contributed by atoms with van der Waals surface area (Å²) in [6, 6.07) is 17.2. The molecule has 0 fully saturated rings. The number of anilines is 1. The van der Waals surface area contributed by atoms with E-state index < -0.39 is 0 Å². The highest BCUT2D eigenvalue weighted by atomic mass is 16.5. The van der Waals surface area contributed by atoms with E-state index in [1.165, 1.54) is 6.92 Å². The van der Waals surface area contributed by atoms with Crippen LogP contribution in [0.4, 0.5) is 5.69 Å². The molecule has 0 radical (unpaired) electrons. The molecule has 22 heavy (non-hydrogen) atoms. The average Bonchev–Trinajstić information content (AvgIpc) is 2.53. The van der Waals surface area contributed by atoms with Crippen molar-refractivity contribution in [1.29, 1.82) is 0 Å². The lowest BCUT2D eigenvalue weighted by Crippen LogP contribution is -2.05. The summed E-state index contributed by atoms with van der Waals surface area (Å²) in [4.78, 5) is 10.9. The first-order chi connectivity index (χ1) is 10.7. The lowest BCUT2D eigenvalue weighted by atomic mass is 10.3. The lowest BCUT2D eigenvalue weighted by molar-refractivity contribution is -0.114. The van der Waals surface area contributed by atoms with Gasteiger partial charge in [-0.2, -0.15) is 0 Å². The molecule has 0 aliphatic carbocycles. The molecule has 0 bridgehead atoms. The van der Waals surface area contributed by atoms with Gasteiger partial charge in [-0.05, 0) is 49.2 Å². The number of unbranched alkanes of at least 4 members (excludes halogenated alkanes) is 1. The molecule has 0 saturated carbocycles. The second-order valence-corrected chi connectivity index (χ2v) is 4.92. The minimum absolute atomic E-state index is 0.0768. The number of carbonyl (C=O) groups is 1. The molecular weight excluding hydrogens is 278 g/mol. The minimum Gasteiger partial charge on any atom is -0.494 e. The van der Waals surface area contributed by atoms with Crippen LogP contribution < -0.4 is 14.8 Å². The van der Waals surface area contributed by atoms with Gasteiger partial charge in [0.05, 0.1) is 13.2 Å². The van der Waals surface area contributed by atoms with Gasteiger partial charge in [0, 0.05) is 12.6 Å². The van der Waals surface area contributed by atoms with E-state index in [4.69, 9.17) is 9.47 Å². The third-order valence-electron chi connectivity index (χ3n) is 2.99. The van der Waals surface area contributed by atoms with Crippen LogP contribution in [0.5, 0.6) is 11.5 Å². The number of rotatable bonds is 8. The van der Waals surface area contributed by atoms with Crippen LogP contribution in [0.25, 0.3) is 0 Å². The molecule has 0 aromatic heterocycles. The lowest BCUT2D eigenvalue weighted by Gasteiger charge is -2.08. The van der Waals surface area contributed by atoms with Gasteiger partial charge >= 0.3 is 0 Å². The van der Waals surface area contributed by atoms with Crippen LogP contribution in [0.1, 0.15) is 19.8 Å². The summed E-state index contributed by atoms with van der Waals surface area (Å²) in [5.41, 5.74) is 0.774. The van der Waals surface area contributed by atoms with E-state index in [-0.39, 0.29) is 5.91 Å². The molecule has 0 heterocycles. The van der Waals surface area contributed by atoms with Gasteiger partial charge in [0.1, 0.15) is 11.5 Å². The Labute approximate surface area is 131 Å². The molecule has 1 N–H and O–H groups in total. The zero-order valence-electron chi connectivity index (χ0n) is 12.7. The first kappa shape index (κ1) is 15.9. The number of hydrogen-bond donors (Lipinski definition) is 1. The summed E-state index contributed by atoms with van der Waals surface area (Å²) >= 11 is 0. The number of hydrogen-bond acceptors (Lipinski definition) is 3. The Morgan fingerprint density at radius 2 is 1.41 bits per heavy atom. The molecule has 2 aromatic rings. The van der Waals surface area contributed by atoms with Crippen molar-refractivity contribution in [3.8, 4) is 11.5 Å². The monoisotopic (exact) mass is 299 g/mol. The van der Waals surface area contributed by atoms with Crippen molar-refractivity contribution in [1.82, 2.24) is 0 Å². The highest BCUT2D eigenvalue weighted by molar-refractivity contribution is 5.88. The van der Waals surface area contributed by atoms with Gasteiger partial charge in [0.2, 0.25) is 5.91 Å². The van der Waals surface area contributed by atoms with E-state index in [1.54, 1.807) is 0 Å². The molecule has 1 amide bonds. The molecule has 0 spiro atoms. The van der Waals surface area contributed by atoms with Crippen molar-refractivity contribution < 1.29 is 14.3 Å². The largest absolute Gasteiger partial charge is 0.494 e. The Morgan fingerprint density at radius 3 is 1.95 bits per heavy atom. The fourth-order valence-corrected chi connectivity index (χ4v) is 1.94. The van der Waals surface area contributed by atoms with Crippen molar-refractivity contribution in [2.75, 3.05) is 18.5 Å². The van der Waals surface area contributed by atoms with Gasteiger partial charge in [-0.15, -0.1) is 0 Å². The van der Waals surface area contributed by atoms with Crippen LogP contribution >= 0.6 is 0 Å². The Balaban J connectivity index is 1.59. The van der Waals surface area contributed by atoms with E-state index in [2.05, 4.69) is 5.32 Å². The van der Waals surface area contributed by atoms with E-state index in [0.717, 1.165) is 30.0 Å². The van der Waals surface area contributed by atoms with Gasteiger partial charge in [-0.3, -0.25) is 4.79 Å². The zero-order chi connectivity index (χ0) is 15.6. The number of carbonyl (C=O) groups excluding carboxylic acids is 1. The van der Waals surface area contributed by atoms with Gasteiger partial charge in [0.25, 0.3) is 0 Å². The highest BCUT2D eigenvalue weighted by Gasteiger charge is 1.98. The molecule has 2 aromatic carbocycles. The second-order valence-electron chi connectivity index (χ2n) is 4.92. The number of benzene rings is 2. The van der Waals surface area contributed by atoms with Gasteiger partial charge < -0.3 is 14.8 Å². The second kappa shape index (κ2) is 8.72. The van der Waals surface area contributed by atoms with Crippen LogP contribution in [0.15, 0.2) is 54.6 Å². The van der Waals surface area contributed by atoms with E-state index in [0.29, 0.717) is 13.2 Å². The first-order valence-corrected chi connectivity index (χ1v) is 7.42. The molecule has 4 heteroatoms.